The second kappa shape index (κ2) is 7.78. The van der Waals surface area contributed by atoms with Gasteiger partial charge < -0.3 is 15.9 Å². The number of allylic oxidation sites excluding steroid dienone is 4. The van der Waals surface area contributed by atoms with Gasteiger partial charge >= 0.3 is 6.36 Å². The Kier molecular flexibility index (Phi) is 5.74. The van der Waals surface area contributed by atoms with Gasteiger partial charge in [-0.05, 0) is 31.1 Å². The van der Waals surface area contributed by atoms with E-state index >= 15 is 0 Å². The Morgan fingerprint density at radius 3 is 2.32 bits per heavy atom. The first-order valence-corrected chi connectivity index (χ1v) is 7.42. The standard InChI is InChI=1S/C17H17F3N4O/c1-11(21)12-2-4-13(5-3-12)16(22)24-10-23-14-6-8-15(9-7-14)25-17(18,19)20/h2-6,8,10,21H,7,9H2,1H3,(H2,22,23,24). The summed E-state index contributed by atoms with van der Waals surface area (Å²) < 4.78 is 40.2. The fraction of sp³-hybridized carbons (Fsp3) is 0.235. The van der Waals surface area contributed by atoms with Crippen molar-refractivity contribution in [2.24, 2.45) is 15.7 Å². The number of amidine groups is 1. The summed E-state index contributed by atoms with van der Waals surface area (Å²) in [4.78, 5) is 8.10. The zero-order chi connectivity index (χ0) is 18.4. The number of hydrogen-bond donors (Lipinski definition) is 2. The maximum atomic E-state index is 12.1. The number of hydrogen-bond acceptors (Lipinski definition) is 3. The van der Waals surface area contributed by atoms with E-state index in [4.69, 9.17) is 11.1 Å². The van der Waals surface area contributed by atoms with Crippen molar-refractivity contribution in [3.05, 3.63) is 59.0 Å². The van der Waals surface area contributed by atoms with Crippen LogP contribution >= 0.6 is 0 Å². The average Bonchev–Trinajstić information content (AvgIpc) is 2.55. The lowest BCUT2D eigenvalue weighted by Crippen LogP contribution is -2.14. The topological polar surface area (TPSA) is 83.8 Å². The lowest BCUT2D eigenvalue weighted by Gasteiger charge is -2.14. The number of ether oxygens (including phenoxy) is 1. The summed E-state index contributed by atoms with van der Waals surface area (Å²) in [6.45, 7) is 1.69. The first-order valence-electron chi connectivity index (χ1n) is 7.42. The quantitative estimate of drug-likeness (QED) is 0.623. The molecule has 0 aromatic heterocycles. The van der Waals surface area contributed by atoms with Gasteiger partial charge in [0.15, 0.2) is 0 Å². The van der Waals surface area contributed by atoms with Crippen molar-refractivity contribution in [3.8, 4) is 0 Å². The van der Waals surface area contributed by atoms with Gasteiger partial charge in [0.05, 0.1) is 0 Å². The molecule has 0 unspecified atom stereocenters. The minimum Gasteiger partial charge on any atom is -0.410 e. The molecular weight excluding hydrogens is 333 g/mol. The number of nitrogens with two attached hydrogens (primary N) is 1. The summed E-state index contributed by atoms with van der Waals surface area (Å²) in [5.41, 5.74) is 8.38. The number of benzene rings is 1. The molecule has 2 rings (SSSR count). The summed E-state index contributed by atoms with van der Waals surface area (Å²) >= 11 is 0. The van der Waals surface area contributed by atoms with Crippen LogP contribution in [0.2, 0.25) is 0 Å². The SMILES string of the molecule is CC(=N)c1ccc(C(N)=NC=NC2=CC=C(OC(F)(F)F)CC2)cc1. The molecule has 5 nitrogen and oxygen atoms in total. The molecule has 3 N–H and O–H groups in total. The fourth-order valence-electron chi connectivity index (χ4n) is 2.08. The third kappa shape index (κ3) is 5.91. The number of halogens is 3. The molecule has 1 aliphatic rings. The minimum atomic E-state index is -4.68. The van der Waals surface area contributed by atoms with Gasteiger partial charge in [-0.15, -0.1) is 13.2 Å². The maximum Gasteiger partial charge on any atom is 0.572 e. The Morgan fingerprint density at radius 2 is 1.80 bits per heavy atom. The predicted molar refractivity (Wildman–Crippen MR) is 90.7 cm³/mol. The van der Waals surface area contributed by atoms with Crippen LogP contribution in [0.4, 0.5) is 13.2 Å². The molecule has 0 saturated heterocycles. The molecule has 0 bridgehead atoms. The summed E-state index contributed by atoms with van der Waals surface area (Å²) in [6.07, 6.45) is -0.275. The second-order valence-corrected chi connectivity index (χ2v) is 5.30. The lowest BCUT2D eigenvalue weighted by molar-refractivity contribution is -0.306. The van der Waals surface area contributed by atoms with Gasteiger partial charge in [0.25, 0.3) is 0 Å². The van der Waals surface area contributed by atoms with E-state index in [0.717, 1.165) is 5.56 Å². The van der Waals surface area contributed by atoms with Crippen molar-refractivity contribution in [3.63, 3.8) is 0 Å². The molecule has 0 aliphatic heterocycles. The molecule has 0 fully saturated rings. The Labute approximate surface area is 142 Å². The highest BCUT2D eigenvalue weighted by molar-refractivity contribution is 6.02. The molecule has 0 radical (unpaired) electrons. The van der Waals surface area contributed by atoms with E-state index < -0.39 is 6.36 Å². The summed E-state index contributed by atoms with van der Waals surface area (Å²) in [7, 11) is 0. The number of alkyl halides is 3. The third-order valence-corrected chi connectivity index (χ3v) is 3.37. The molecule has 1 aromatic rings. The van der Waals surface area contributed by atoms with Crippen molar-refractivity contribution in [2.75, 3.05) is 0 Å². The van der Waals surface area contributed by atoms with E-state index in [1.807, 2.05) is 0 Å². The molecule has 1 aliphatic carbocycles. The number of aliphatic imine (C=N–C) groups is 2. The van der Waals surface area contributed by atoms with Crippen LogP contribution < -0.4 is 5.73 Å². The highest BCUT2D eigenvalue weighted by Gasteiger charge is 2.32. The Morgan fingerprint density at radius 1 is 1.16 bits per heavy atom. The Hall–Kier alpha value is -2.90. The van der Waals surface area contributed by atoms with Crippen molar-refractivity contribution in [2.45, 2.75) is 26.1 Å². The average molecular weight is 350 g/mol. The largest absolute Gasteiger partial charge is 0.572 e. The molecule has 0 saturated carbocycles. The molecule has 132 valence electrons. The fourth-order valence-corrected chi connectivity index (χ4v) is 2.08. The van der Waals surface area contributed by atoms with Crippen molar-refractivity contribution in [1.82, 2.24) is 0 Å². The van der Waals surface area contributed by atoms with Crippen LogP contribution in [0.1, 0.15) is 30.9 Å². The molecule has 0 amide bonds. The molecule has 8 heteroatoms. The van der Waals surface area contributed by atoms with Crippen molar-refractivity contribution < 1.29 is 17.9 Å². The first kappa shape index (κ1) is 18.4. The predicted octanol–water partition coefficient (Wildman–Crippen LogP) is 3.91. The van der Waals surface area contributed by atoms with Gasteiger partial charge in [-0.3, -0.25) is 0 Å². The van der Waals surface area contributed by atoms with E-state index in [-0.39, 0.29) is 18.0 Å². The van der Waals surface area contributed by atoms with E-state index in [1.165, 1.54) is 18.5 Å². The Bertz CT molecular complexity index is 759. The number of rotatable bonds is 5. The Balaban J connectivity index is 2.00. The van der Waals surface area contributed by atoms with Crippen LogP contribution in [0.25, 0.3) is 0 Å². The zero-order valence-electron chi connectivity index (χ0n) is 13.5. The van der Waals surface area contributed by atoms with E-state index in [0.29, 0.717) is 23.4 Å². The number of nitrogens with zero attached hydrogens (tertiary/aromatic N) is 2. The molecule has 0 heterocycles. The van der Waals surface area contributed by atoms with E-state index in [2.05, 4.69) is 14.7 Å². The van der Waals surface area contributed by atoms with E-state index in [1.54, 1.807) is 31.2 Å². The molecule has 0 spiro atoms. The highest BCUT2D eigenvalue weighted by atomic mass is 19.4. The van der Waals surface area contributed by atoms with Crippen LogP contribution in [0.3, 0.4) is 0 Å². The molecule has 1 aromatic carbocycles. The van der Waals surface area contributed by atoms with Gasteiger partial charge in [0.1, 0.15) is 17.9 Å². The van der Waals surface area contributed by atoms with Crippen molar-refractivity contribution >= 4 is 17.9 Å². The van der Waals surface area contributed by atoms with Gasteiger partial charge in [-0.2, -0.15) is 0 Å². The zero-order valence-corrected chi connectivity index (χ0v) is 13.5. The first-order chi connectivity index (χ1) is 11.7. The van der Waals surface area contributed by atoms with Gasteiger partial charge in [0, 0.05) is 23.4 Å². The lowest BCUT2D eigenvalue weighted by atomic mass is 10.1. The molecular formula is C17H17F3N4O. The molecule has 25 heavy (non-hydrogen) atoms. The van der Waals surface area contributed by atoms with Crippen LogP contribution in [0.5, 0.6) is 0 Å². The monoisotopic (exact) mass is 350 g/mol. The summed E-state index contributed by atoms with van der Waals surface area (Å²) in [5.74, 6) is 0.113. The van der Waals surface area contributed by atoms with Crippen LogP contribution in [0.15, 0.2) is 57.9 Å². The van der Waals surface area contributed by atoms with Crippen LogP contribution in [-0.4, -0.2) is 24.2 Å². The third-order valence-electron chi connectivity index (χ3n) is 3.37. The minimum absolute atomic E-state index is 0.117. The normalized spacial score (nSPS) is 15.8. The van der Waals surface area contributed by atoms with Crippen molar-refractivity contribution in [1.29, 1.82) is 5.41 Å². The highest BCUT2D eigenvalue weighted by Crippen LogP contribution is 2.27. The summed E-state index contributed by atoms with van der Waals surface area (Å²) in [6, 6.07) is 7.05. The van der Waals surface area contributed by atoms with Gasteiger partial charge in [-0.25, -0.2) is 9.98 Å². The van der Waals surface area contributed by atoms with E-state index in [9.17, 15) is 13.2 Å². The summed E-state index contributed by atoms with van der Waals surface area (Å²) in [5, 5.41) is 7.53. The van der Waals surface area contributed by atoms with Crippen LogP contribution in [-0.2, 0) is 4.74 Å². The number of nitrogens with one attached hydrogen (secondary N) is 1. The van der Waals surface area contributed by atoms with Gasteiger partial charge in [0.2, 0.25) is 0 Å². The molecule has 0 atom stereocenters. The second-order valence-electron chi connectivity index (χ2n) is 5.30. The smallest absolute Gasteiger partial charge is 0.410 e. The van der Waals surface area contributed by atoms with Crippen LogP contribution in [0, 0.1) is 5.41 Å². The van der Waals surface area contributed by atoms with Gasteiger partial charge in [-0.1, -0.05) is 24.3 Å². The maximum absolute atomic E-state index is 12.1.